The number of amides is 3. The highest BCUT2D eigenvalue weighted by atomic mass is 16.4. The van der Waals surface area contributed by atoms with Crippen molar-refractivity contribution in [2.24, 2.45) is 5.92 Å². The van der Waals surface area contributed by atoms with Crippen molar-refractivity contribution in [1.82, 2.24) is 24.6 Å². The molecule has 0 radical (unpaired) electrons. The summed E-state index contributed by atoms with van der Waals surface area (Å²) in [6.07, 6.45) is 6.16. The second kappa shape index (κ2) is 9.84. The second-order valence-electron chi connectivity index (χ2n) is 8.28. The molecule has 174 valence electrons. The van der Waals surface area contributed by atoms with Crippen LogP contribution in [0, 0.1) is 5.92 Å². The van der Waals surface area contributed by atoms with Crippen LogP contribution in [0.4, 0.5) is 10.8 Å². The van der Waals surface area contributed by atoms with Gasteiger partial charge in [-0.1, -0.05) is 13.8 Å². The number of carboxylic acid groups (broad SMARTS) is 1. The number of urea groups is 1. The first-order valence-electron chi connectivity index (χ1n) is 10.7. The zero-order chi connectivity index (χ0) is 23.3. The molecule has 11 heteroatoms. The van der Waals surface area contributed by atoms with Crippen LogP contribution in [0.2, 0.25) is 0 Å². The van der Waals surface area contributed by atoms with Gasteiger partial charge in [0.05, 0.1) is 18.4 Å². The SMILES string of the molecule is CCn1ccc(CN2C(=O)N(CC(C)C)C3(CCN(c4ncco4)CC3)C2=O)n1.O=CO. The van der Waals surface area contributed by atoms with E-state index >= 15 is 0 Å². The molecule has 0 aromatic carbocycles. The summed E-state index contributed by atoms with van der Waals surface area (Å²) in [5.41, 5.74) is -0.0649. The fraction of sp³-hybridized carbons (Fsp3) is 0.571. The van der Waals surface area contributed by atoms with Crippen LogP contribution in [-0.2, 0) is 22.7 Å². The Balaban J connectivity index is 0.000000913. The molecular weight excluding hydrogens is 416 g/mol. The van der Waals surface area contributed by atoms with Crippen molar-refractivity contribution >= 4 is 24.4 Å². The first-order chi connectivity index (χ1) is 15.4. The van der Waals surface area contributed by atoms with Gasteiger partial charge in [0.2, 0.25) is 0 Å². The first kappa shape index (κ1) is 23.3. The number of nitrogens with zero attached hydrogens (tertiary/aromatic N) is 6. The van der Waals surface area contributed by atoms with Crippen molar-refractivity contribution < 1.29 is 23.9 Å². The van der Waals surface area contributed by atoms with Gasteiger partial charge in [-0.15, -0.1) is 0 Å². The lowest BCUT2D eigenvalue weighted by molar-refractivity contribution is -0.135. The summed E-state index contributed by atoms with van der Waals surface area (Å²) in [5, 5.41) is 11.3. The van der Waals surface area contributed by atoms with Crippen molar-refractivity contribution in [3.05, 3.63) is 30.4 Å². The van der Waals surface area contributed by atoms with E-state index in [4.69, 9.17) is 14.3 Å². The number of piperidine rings is 1. The van der Waals surface area contributed by atoms with Crippen LogP contribution in [0.1, 0.15) is 39.3 Å². The number of aromatic nitrogens is 3. The van der Waals surface area contributed by atoms with Crippen LogP contribution < -0.4 is 4.90 Å². The summed E-state index contributed by atoms with van der Waals surface area (Å²) >= 11 is 0. The molecule has 0 atom stereocenters. The van der Waals surface area contributed by atoms with Crippen molar-refractivity contribution in [3.8, 4) is 0 Å². The van der Waals surface area contributed by atoms with Crippen molar-refractivity contribution in [2.45, 2.75) is 52.2 Å². The van der Waals surface area contributed by atoms with Gasteiger partial charge in [-0.2, -0.15) is 5.10 Å². The van der Waals surface area contributed by atoms with Crippen LogP contribution >= 0.6 is 0 Å². The molecule has 0 bridgehead atoms. The standard InChI is InChI=1S/C20H28N6O3.CH2O2/c1-4-24-9-5-16(22-24)14-25-17(27)20(26(19(25)28)13-15(2)3)6-10-23(11-7-20)18-21-8-12-29-18;2-1-3/h5,8-9,12,15H,4,6-7,10-11,13-14H2,1-3H3;1H,(H,2,3). The van der Waals surface area contributed by atoms with Crippen LogP contribution in [-0.4, -0.2) is 73.3 Å². The summed E-state index contributed by atoms with van der Waals surface area (Å²) in [6.45, 7) is 8.65. The predicted octanol–water partition coefficient (Wildman–Crippen LogP) is 2.05. The number of hydrogen-bond acceptors (Lipinski definition) is 7. The van der Waals surface area contributed by atoms with Gasteiger partial charge in [0, 0.05) is 32.4 Å². The Morgan fingerprint density at radius 2 is 1.97 bits per heavy atom. The molecule has 2 saturated heterocycles. The zero-order valence-corrected chi connectivity index (χ0v) is 18.7. The molecule has 0 aliphatic carbocycles. The zero-order valence-electron chi connectivity index (χ0n) is 18.7. The van der Waals surface area contributed by atoms with E-state index in [1.165, 1.54) is 4.90 Å². The second-order valence-corrected chi connectivity index (χ2v) is 8.28. The molecular formula is C21H30N6O5. The molecule has 2 aliphatic heterocycles. The molecule has 1 spiro atoms. The van der Waals surface area contributed by atoms with Gasteiger partial charge in [-0.05, 0) is 31.7 Å². The van der Waals surface area contributed by atoms with Crippen LogP contribution in [0.3, 0.4) is 0 Å². The van der Waals surface area contributed by atoms with Gasteiger partial charge < -0.3 is 19.3 Å². The summed E-state index contributed by atoms with van der Waals surface area (Å²) < 4.78 is 7.21. The van der Waals surface area contributed by atoms with E-state index in [1.807, 2.05) is 24.1 Å². The van der Waals surface area contributed by atoms with Gasteiger partial charge >= 0.3 is 6.03 Å². The summed E-state index contributed by atoms with van der Waals surface area (Å²) in [4.78, 5) is 44.6. The number of carbonyl (C=O) groups excluding carboxylic acids is 2. The topological polar surface area (TPSA) is 125 Å². The van der Waals surface area contributed by atoms with E-state index in [9.17, 15) is 9.59 Å². The molecule has 4 heterocycles. The van der Waals surface area contributed by atoms with E-state index in [0.717, 1.165) is 12.2 Å². The lowest BCUT2D eigenvalue weighted by Gasteiger charge is -2.42. The number of aryl methyl sites for hydroxylation is 1. The number of anilines is 1. The van der Waals surface area contributed by atoms with Gasteiger partial charge in [-0.25, -0.2) is 9.78 Å². The Labute approximate surface area is 186 Å². The average molecular weight is 447 g/mol. The molecule has 0 unspecified atom stereocenters. The van der Waals surface area contributed by atoms with Crippen molar-refractivity contribution in [1.29, 1.82) is 0 Å². The van der Waals surface area contributed by atoms with Gasteiger partial charge in [0.1, 0.15) is 11.8 Å². The molecule has 4 rings (SSSR count). The third-order valence-electron chi connectivity index (χ3n) is 5.79. The molecule has 11 nitrogen and oxygen atoms in total. The summed E-state index contributed by atoms with van der Waals surface area (Å²) in [7, 11) is 0. The van der Waals surface area contributed by atoms with Crippen molar-refractivity contribution in [3.63, 3.8) is 0 Å². The largest absolute Gasteiger partial charge is 0.483 e. The summed E-state index contributed by atoms with van der Waals surface area (Å²) in [6, 6.07) is 2.22. The van der Waals surface area contributed by atoms with Crippen LogP contribution in [0.25, 0.3) is 0 Å². The number of oxazole rings is 1. The highest BCUT2D eigenvalue weighted by Crippen LogP contribution is 2.39. The van der Waals surface area contributed by atoms with Gasteiger partial charge in [-0.3, -0.25) is 19.2 Å². The van der Waals surface area contributed by atoms with Crippen molar-refractivity contribution in [2.75, 3.05) is 24.5 Å². The minimum Gasteiger partial charge on any atom is -0.483 e. The third kappa shape index (κ3) is 4.46. The molecule has 0 saturated carbocycles. The molecule has 2 aromatic heterocycles. The monoisotopic (exact) mass is 446 g/mol. The Kier molecular flexibility index (Phi) is 7.16. The number of carbonyl (C=O) groups is 3. The lowest BCUT2D eigenvalue weighted by atomic mass is 9.85. The molecule has 2 fully saturated rings. The smallest absolute Gasteiger partial charge is 0.328 e. The Bertz CT molecular complexity index is 917. The molecule has 2 aromatic rings. The van der Waals surface area contributed by atoms with E-state index in [-0.39, 0.29) is 30.9 Å². The maximum absolute atomic E-state index is 13.5. The van der Waals surface area contributed by atoms with E-state index < -0.39 is 5.54 Å². The lowest BCUT2D eigenvalue weighted by Crippen LogP contribution is -2.57. The van der Waals surface area contributed by atoms with Crippen LogP contribution in [0.15, 0.2) is 29.1 Å². The Morgan fingerprint density at radius 3 is 2.50 bits per heavy atom. The number of hydrogen-bond donors (Lipinski definition) is 1. The molecule has 1 N–H and O–H groups in total. The minimum absolute atomic E-state index is 0.110. The first-order valence-corrected chi connectivity index (χ1v) is 10.7. The normalized spacial score (nSPS) is 17.8. The number of imide groups is 1. The predicted molar refractivity (Wildman–Crippen MR) is 115 cm³/mol. The third-order valence-corrected chi connectivity index (χ3v) is 5.79. The van der Waals surface area contributed by atoms with Crippen LogP contribution in [0.5, 0.6) is 0 Å². The number of rotatable bonds is 6. The van der Waals surface area contributed by atoms with Gasteiger partial charge in [0.15, 0.2) is 0 Å². The highest BCUT2D eigenvalue weighted by Gasteiger charge is 2.58. The highest BCUT2D eigenvalue weighted by molar-refractivity contribution is 6.07. The fourth-order valence-electron chi connectivity index (χ4n) is 4.29. The Hall–Kier alpha value is -3.37. The average Bonchev–Trinajstić information content (AvgIpc) is 3.50. The quantitative estimate of drug-likeness (QED) is 0.528. The van der Waals surface area contributed by atoms with E-state index in [1.54, 1.807) is 22.0 Å². The van der Waals surface area contributed by atoms with E-state index in [0.29, 0.717) is 38.5 Å². The Morgan fingerprint density at radius 1 is 1.28 bits per heavy atom. The molecule has 3 amide bonds. The maximum Gasteiger partial charge on any atom is 0.328 e. The molecule has 32 heavy (non-hydrogen) atoms. The maximum atomic E-state index is 13.5. The molecule has 2 aliphatic rings. The minimum atomic E-state index is -0.794. The summed E-state index contributed by atoms with van der Waals surface area (Å²) in [5.74, 6) is 0.161. The van der Waals surface area contributed by atoms with Gasteiger partial charge in [0.25, 0.3) is 18.4 Å². The fourth-order valence-corrected chi connectivity index (χ4v) is 4.29. The van der Waals surface area contributed by atoms with E-state index in [2.05, 4.69) is 23.9 Å².